The molecule has 0 aromatic carbocycles. The van der Waals surface area contributed by atoms with Crippen LogP contribution in [0.25, 0.3) is 0 Å². The summed E-state index contributed by atoms with van der Waals surface area (Å²) in [4.78, 5) is 8.27. The largest absolute Gasteiger partial charge is 0.409 e. The summed E-state index contributed by atoms with van der Waals surface area (Å²) < 4.78 is 0. The number of thioether (sulfide) groups is 1. The van der Waals surface area contributed by atoms with Gasteiger partial charge in [-0.3, -0.25) is 0 Å². The Kier molecular flexibility index (Phi) is 4.36. The molecular weight excluding hydrogens is 212 g/mol. The van der Waals surface area contributed by atoms with Crippen molar-refractivity contribution in [3.8, 4) is 0 Å². The van der Waals surface area contributed by atoms with E-state index in [1.54, 1.807) is 24.0 Å². The summed E-state index contributed by atoms with van der Waals surface area (Å²) in [5.74, 6) is 0.00315. The number of aromatic nitrogens is 2. The number of nitrogens with zero attached hydrogens (tertiary/aromatic N) is 3. The third-order valence-electron chi connectivity index (χ3n) is 1.89. The van der Waals surface area contributed by atoms with Crippen molar-refractivity contribution >= 4 is 17.6 Å². The van der Waals surface area contributed by atoms with Gasteiger partial charge in [-0.15, -0.1) is 0 Å². The van der Waals surface area contributed by atoms with Crippen molar-refractivity contribution in [2.75, 3.05) is 0 Å². The molecule has 0 saturated heterocycles. The van der Waals surface area contributed by atoms with Crippen LogP contribution in [0.2, 0.25) is 0 Å². The second-order valence-electron chi connectivity index (χ2n) is 3.05. The van der Waals surface area contributed by atoms with E-state index in [-0.39, 0.29) is 5.84 Å². The van der Waals surface area contributed by atoms with Crippen LogP contribution in [-0.2, 0) is 0 Å². The highest BCUT2D eigenvalue weighted by atomic mass is 32.2. The van der Waals surface area contributed by atoms with Crippen LogP contribution < -0.4 is 5.73 Å². The predicted octanol–water partition coefficient (Wildman–Crippen LogP) is 1.46. The number of amidine groups is 1. The quantitative estimate of drug-likeness (QED) is 0.203. The Morgan fingerprint density at radius 1 is 1.73 bits per heavy atom. The first kappa shape index (κ1) is 11.8. The Hall–Kier alpha value is -1.30. The monoisotopic (exact) mass is 226 g/mol. The molecule has 0 spiro atoms. The van der Waals surface area contributed by atoms with Gasteiger partial charge in [-0.1, -0.05) is 30.8 Å². The van der Waals surface area contributed by atoms with Crippen molar-refractivity contribution in [1.29, 1.82) is 0 Å². The second-order valence-corrected chi connectivity index (χ2v) is 4.45. The van der Waals surface area contributed by atoms with Gasteiger partial charge in [-0.2, -0.15) is 0 Å². The molecule has 6 heteroatoms. The fourth-order valence-electron chi connectivity index (χ4n) is 0.855. The van der Waals surface area contributed by atoms with Gasteiger partial charge in [0.2, 0.25) is 0 Å². The lowest BCUT2D eigenvalue weighted by Gasteiger charge is -2.06. The van der Waals surface area contributed by atoms with Gasteiger partial charge in [0.15, 0.2) is 11.0 Å². The molecule has 0 radical (unpaired) electrons. The third kappa shape index (κ3) is 3.39. The fraction of sp³-hybridized carbons (Fsp3) is 0.444. The minimum Gasteiger partial charge on any atom is -0.409 e. The minimum atomic E-state index is 0.00315. The summed E-state index contributed by atoms with van der Waals surface area (Å²) in [7, 11) is 0. The smallest absolute Gasteiger partial charge is 0.188 e. The van der Waals surface area contributed by atoms with E-state index in [2.05, 4.69) is 29.0 Å². The van der Waals surface area contributed by atoms with Crippen molar-refractivity contribution < 1.29 is 5.21 Å². The molecule has 0 aliphatic carbocycles. The molecule has 82 valence electrons. The molecule has 5 nitrogen and oxygen atoms in total. The lowest BCUT2D eigenvalue weighted by molar-refractivity contribution is 0.318. The Balaban J connectivity index is 2.83. The van der Waals surface area contributed by atoms with E-state index >= 15 is 0 Å². The standard InChI is InChI=1S/C9H14N4OS/c1-3-6(2)15-9-11-5-4-7(12-9)8(10)13-14/h4-6,14H,3H2,1-2H3,(H2,10,13). The third-order valence-corrected chi connectivity index (χ3v) is 3.03. The summed E-state index contributed by atoms with van der Waals surface area (Å²) in [6.07, 6.45) is 2.65. The van der Waals surface area contributed by atoms with Crippen LogP contribution in [-0.4, -0.2) is 26.3 Å². The summed E-state index contributed by atoms with van der Waals surface area (Å²) in [6.45, 7) is 4.20. The highest BCUT2D eigenvalue weighted by Crippen LogP contribution is 2.20. The Labute approximate surface area is 92.8 Å². The van der Waals surface area contributed by atoms with Gasteiger partial charge in [0, 0.05) is 11.4 Å². The number of rotatable bonds is 4. The van der Waals surface area contributed by atoms with Crippen LogP contribution in [0.4, 0.5) is 0 Å². The van der Waals surface area contributed by atoms with Crippen molar-refractivity contribution in [3.63, 3.8) is 0 Å². The van der Waals surface area contributed by atoms with Crippen molar-refractivity contribution in [2.45, 2.75) is 30.7 Å². The summed E-state index contributed by atoms with van der Waals surface area (Å²) in [5.41, 5.74) is 5.87. The molecule has 0 saturated carbocycles. The molecule has 1 rings (SSSR count). The molecule has 1 heterocycles. The van der Waals surface area contributed by atoms with Crippen LogP contribution >= 0.6 is 11.8 Å². The molecule has 0 fully saturated rings. The van der Waals surface area contributed by atoms with Crippen LogP contribution in [0.3, 0.4) is 0 Å². The second kappa shape index (κ2) is 5.55. The summed E-state index contributed by atoms with van der Waals surface area (Å²) in [5, 5.41) is 12.5. The van der Waals surface area contributed by atoms with Gasteiger partial charge >= 0.3 is 0 Å². The highest BCUT2D eigenvalue weighted by molar-refractivity contribution is 7.99. The van der Waals surface area contributed by atoms with Crippen LogP contribution in [0, 0.1) is 0 Å². The zero-order valence-electron chi connectivity index (χ0n) is 8.71. The Morgan fingerprint density at radius 2 is 2.47 bits per heavy atom. The number of nitrogens with two attached hydrogens (primary N) is 1. The van der Waals surface area contributed by atoms with E-state index in [1.165, 1.54) is 0 Å². The molecule has 0 aliphatic heterocycles. The molecular formula is C9H14N4OS. The maximum atomic E-state index is 8.50. The molecule has 0 aliphatic rings. The van der Waals surface area contributed by atoms with Crippen LogP contribution in [0.1, 0.15) is 26.0 Å². The van der Waals surface area contributed by atoms with E-state index < -0.39 is 0 Å². The first-order chi connectivity index (χ1) is 7.17. The lowest BCUT2D eigenvalue weighted by atomic mass is 10.4. The number of hydrogen-bond donors (Lipinski definition) is 2. The Bertz CT molecular complexity index is 356. The minimum absolute atomic E-state index is 0.00315. The van der Waals surface area contributed by atoms with E-state index in [0.717, 1.165) is 6.42 Å². The number of hydrogen-bond acceptors (Lipinski definition) is 5. The van der Waals surface area contributed by atoms with Gasteiger partial charge in [0.05, 0.1) is 0 Å². The average Bonchev–Trinajstić information content (AvgIpc) is 2.28. The molecule has 1 unspecified atom stereocenters. The zero-order chi connectivity index (χ0) is 11.3. The molecule has 15 heavy (non-hydrogen) atoms. The maximum Gasteiger partial charge on any atom is 0.188 e. The van der Waals surface area contributed by atoms with Gasteiger partial charge < -0.3 is 10.9 Å². The zero-order valence-corrected chi connectivity index (χ0v) is 9.53. The van der Waals surface area contributed by atoms with Crippen molar-refractivity contribution in [2.24, 2.45) is 10.9 Å². The van der Waals surface area contributed by atoms with Gasteiger partial charge in [-0.25, -0.2) is 9.97 Å². The molecule has 1 aromatic rings. The van der Waals surface area contributed by atoms with Gasteiger partial charge in [0.25, 0.3) is 0 Å². The van der Waals surface area contributed by atoms with E-state index in [1.807, 2.05) is 0 Å². The van der Waals surface area contributed by atoms with Crippen LogP contribution in [0.5, 0.6) is 0 Å². The highest BCUT2D eigenvalue weighted by Gasteiger charge is 2.07. The maximum absolute atomic E-state index is 8.50. The fourth-order valence-corrected chi connectivity index (χ4v) is 1.65. The van der Waals surface area contributed by atoms with Crippen LogP contribution in [0.15, 0.2) is 22.6 Å². The summed E-state index contributed by atoms with van der Waals surface area (Å²) >= 11 is 1.57. The van der Waals surface area contributed by atoms with Gasteiger partial charge in [-0.05, 0) is 12.5 Å². The predicted molar refractivity (Wildman–Crippen MR) is 60.2 cm³/mol. The van der Waals surface area contributed by atoms with Crippen molar-refractivity contribution in [3.05, 3.63) is 18.0 Å². The average molecular weight is 226 g/mol. The first-order valence-corrected chi connectivity index (χ1v) is 5.53. The topological polar surface area (TPSA) is 84.4 Å². The molecule has 3 N–H and O–H groups in total. The number of oxime groups is 1. The normalized spacial score (nSPS) is 13.9. The van der Waals surface area contributed by atoms with E-state index in [4.69, 9.17) is 10.9 Å². The lowest BCUT2D eigenvalue weighted by Crippen LogP contribution is -2.15. The summed E-state index contributed by atoms with van der Waals surface area (Å²) in [6, 6.07) is 1.61. The van der Waals surface area contributed by atoms with Crippen molar-refractivity contribution in [1.82, 2.24) is 9.97 Å². The molecule has 1 aromatic heterocycles. The molecule has 0 amide bonds. The molecule has 1 atom stereocenters. The van der Waals surface area contributed by atoms with E-state index in [9.17, 15) is 0 Å². The SMILES string of the molecule is CCC(C)Sc1nccc(/C(N)=N/O)n1. The Morgan fingerprint density at radius 3 is 3.07 bits per heavy atom. The molecule has 0 bridgehead atoms. The van der Waals surface area contributed by atoms with E-state index in [0.29, 0.717) is 16.1 Å². The van der Waals surface area contributed by atoms with Gasteiger partial charge in [0.1, 0.15) is 5.69 Å². The first-order valence-electron chi connectivity index (χ1n) is 4.65.